The summed E-state index contributed by atoms with van der Waals surface area (Å²) in [7, 11) is 0. The van der Waals surface area contributed by atoms with Crippen LogP contribution in [0.1, 0.15) is 25.3 Å². The first kappa shape index (κ1) is 10.2. The lowest BCUT2D eigenvalue weighted by Gasteiger charge is -2.06. The number of rotatable bonds is 3. The van der Waals surface area contributed by atoms with Gasteiger partial charge in [0.2, 0.25) is 0 Å². The highest BCUT2D eigenvalue weighted by molar-refractivity contribution is 6.32. The summed E-state index contributed by atoms with van der Waals surface area (Å²) in [6.07, 6.45) is 3.03. The fourth-order valence-corrected chi connectivity index (χ4v) is 1.44. The topological polar surface area (TPSA) is 46.2 Å². The van der Waals surface area contributed by atoms with Crippen LogP contribution < -0.4 is 5.73 Å². The lowest BCUT2D eigenvalue weighted by molar-refractivity contribution is 0.475. The van der Waals surface area contributed by atoms with Crippen molar-refractivity contribution in [2.24, 2.45) is 0 Å². The van der Waals surface area contributed by atoms with Crippen LogP contribution in [-0.2, 0) is 6.42 Å². The lowest BCUT2D eigenvalue weighted by Crippen LogP contribution is -1.91. The molecular weight excluding hydrogens is 186 g/mol. The van der Waals surface area contributed by atoms with E-state index in [1.54, 1.807) is 0 Å². The molecule has 13 heavy (non-hydrogen) atoms. The summed E-state index contributed by atoms with van der Waals surface area (Å²) in [6, 6.07) is 3.29. The first-order valence-corrected chi connectivity index (χ1v) is 4.79. The quantitative estimate of drug-likeness (QED) is 0.736. The molecule has 0 spiro atoms. The predicted molar refractivity (Wildman–Crippen MR) is 56.1 cm³/mol. The maximum Gasteiger partial charge on any atom is 0.136 e. The second-order valence-electron chi connectivity index (χ2n) is 3.12. The summed E-state index contributed by atoms with van der Waals surface area (Å²) in [5, 5.41) is 9.80. The molecule has 0 saturated carbocycles. The number of nitrogens with two attached hydrogens (primary N) is 1. The molecule has 0 aliphatic heterocycles. The van der Waals surface area contributed by atoms with E-state index in [0.29, 0.717) is 10.7 Å². The average Bonchev–Trinajstić information content (AvgIpc) is 2.09. The number of hydrogen-bond acceptors (Lipinski definition) is 2. The maximum atomic E-state index is 9.37. The van der Waals surface area contributed by atoms with Gasteiger partial charge in [0.1, 0.15) is 5.75 Å². The Hall–Kier alpha value is -0.890. The van der Waals surface area contributed by atoms with Crippen LogP contribution in [0.2, 0.25) is 5.02 Å². The summed E-state index contributed by atoms with van der Waals surface area (Å²) in [5.41, 5.74) is 7.08. The monoisotopic (exact) mass is 199 g/mol. The molecule has 0 saturated heterocycles. The Kier molecular flexibility index (Phi) is 3.43. The highest BCUT2D eigenvalue weighted by atomic mass is 35.5. The third kappa shape index (κ3) is 2.52. The van der Waals surface area contributed by atoms with E-state index in [0.717, 1.165) is 24.8 Å². The third-order valence-electron chi connectivity index (χ3n) is 1.95. The number of benzene rings is 1. The van der Waals surface area contributed by atoms with Gasteiger partial charge in [-0.05, 0) is 24.5 Å². The highest BCUT2D eigenvalue weighted by Gasteiger charge is 2.06. The van der Waals surface area contributed by atoms with E-state index in [1.165, 1.54) is 6.07 Å². The van der Waals surface area contributed by atoms with Gasteiger partial charge in [-0.15, -0.1) is 0 Å². The second-order valence-corrected chi connectivity index (χ2v) is 3.49. The van der Waals surface area contributed by atoms with Crippen LogP contribution in [0.5, 0.6) is 5.75 Å². The Bertz CT molecular complexity index is 299. The van der Waals surface area contributed by atoms with Crippen molar-refractivity contribution in [3.8, 4) is 5.75 Å². The van der Waals surface area contributed by atoms with E-state index in [1.807, 2.05) is 6.07 Å². The van der Waals surface area contributed by atoms with Crippen LogP contribution in [0.4, 0.5) is 5.69 Å². The van der Waals surface area contributed by atoms with Gasteiger partial charge < -0.3 is 10.8 Å². The number of halogens is 1. The van der Waals surface area contributed by atoms with E-state index in [4.69, 9.17) is 17.3 Å². The zero-order valence-electron chi connectivity index (χ0n) is 7.68. The van der Waals surface area contributed by atoms with E-state index in [-0.39, 0.29) is 5.75 Å². The Morgan fingerprint density at radius 3 is 2.77 bits per heavy atom. The number of hydrogen-bond donors (Lipinski definition) is 2. The SMILES string of the molecule is CCCCc1cc(N)cc(O)c1Cl. The Labute approximate surface area is 83.3 Å². The Morgan fingerprint density at radius 1 is 1.46 bits per heavy atom. The van der Waals surface area contributed by atoms with Crippen molar-refractivity contribution < 1.29 is 5.11 Å². The van der Waals surface area contributed by atoms with E-state index in [9.17, 15) is 5.11 Å². The van der Waals surface area contributed by atoms with Gasteiger partial charge >= 0.3 is 0 Å². The van der Waals surface area contributed by atoms with Crippen molar-refractivity contribution in [1.82, 2.24) is 0 Å². The van der Waals surface area contributed by atoms with Gasteiger partial charge in [-0.2, -0.15) is 0 Å². The molecule has 0 aromatic heterocycles. The second kappa shape index (κ2) is 4.38. The normalized spacial score (nSPS) is 10.3. The van der Waals surface area contributed by atoms with Gasteiger partial charge in [-0.25, -0.2) is 0 Å². The van der Waals surface area contributed by atoms with Crippen molar-refractivity contribution in [2.75, 3.05) is 5.73 Å². The smallest absolute Gasteiger partial charge is 0.136 e. The molecule has 3 heteroatoms. The molecule has 3 N–H and O–H groups in total. The van der Waals surface area contributed by atoms with Gasteiger partial charge in [0, 0.05) is 11.8 Å². The minimum Gasteiger partial charge on any atom is -0.506 e. The number of phenolic OH excluding ortho intramolecular Hbond substituents is 1. The molecule has 2 nitrogen and oxygen atoms in total. The van der Waals surface area contributed by atoms with Crippen LogP contribution in [-0.4, -0.2) is 5.11 Å². The summed E-state index contributed by atoms with van der Waals surface area (Å²) < 4.78 is 0. The molecule has 0 bridgehead atoms. The average molecular weight is 200 g/mol. The molecule has 0 amide bonds. The molecular formula is C10H14ClNO. The molecule has 0 unspecified atom stereocenters. The molecule has 0 heterocycles. The number of nitrogen functional groups attached to an aromatic ring is 1. The standard InChI is InChI=1S/C10H14ClNO/c1-2-3-4-7-5-8(12)6-9(13)10(7)11/h5-6,13H,2-4,12H2,1H3. The summed E-state index contributed by atoms with van der Waals surface area (Å²) in [4.78, 5) is 0. The minimum absolute atomic E-state index is 0.0766. The number of aryl methyl sites for hydroxylation is 1. The molecule has 0 aliphatic carbocycles. The fraction of sp³-hybridized carbons (Fsp3) is 0.400. The summed E-state index contributed by atoms with van der Waals surface area (Å²) in [5.74, 6) is 0.0766. The van der Waals surface area contributed by atoms with Crippen LogP contribution in [0, 0.1) is 0 Å². The predicted octanol–water partition coefficient (Wildman–Crippen LogP) is 2.97. The van der Waals surface area contributed by atoms with Gasteiger partial charge in [-0.1, -0.05) is 24.9 Å². The maximum absolute atomic E-state index is 9.37. The number of phenols is 1. The molecule has 1 rings (SSSR count). The third-order valence-corrected chi connectivity index (χ3v) is 2.39. The van der Waals surface area contributed by atoms with Crippen molar-refractivity contribution in [3.63, 3.8) is 0 Å². The van der Waals surface area contributed by atoms with Crippen LogP contribution in [0.15, 0.2) is 12.1 Å². The van der Waals surface area contributed by atoms with Gasteiger partial charge in [0.15, 0.2) is 0 Å². The first-order chi connectivity index (χ1) is 6.15. The van der Waals surface area contributed by atoms with Gasteiger partial charge in [-0.3, -0.25) is 0 Å². The number of anilines is 1. The molecule has 1 aromatic carbocycles. The Morgan fingerprint density at radius 2 is 2.15 bits per heavy atom. The molecule has 0 aliphatic rings. The van der Waals surface area contributed by atoms with Crippen LogP contribution >= 0.6 is 11.6 Å². The van der Waals surface area contributed by atoms with Crippen molar-refractivity contribution in [1.29, 1.82) is 0 Å². The largest absolute Gasteiger partial charge is 0.506 e. The van der Waals surface area contributed by atoms with E-state index in [2.05, 4.69) is 6.92 Å². The molecule has 72 valence electrons. The van der Waals surface area contributed by atoms with E-state index >= 15 is 0 Å². The zero-order valence-corrected chi connectivity index (χ0v) is 8.43. The fourth-order valence-electron chi connectivity index (χ4n) is 1.24. The van der Waals surface area contributed by atoms with Gasteiger partial charge in [0.05, 0.1) is 5.02 Å². The zero-order chi connectivity index (χ0) is 9.84. The van der Waals surface area contributed by atoms with Crippen LogP contribution in [0.25, 0.3) is 0 Å². The molecule has 0 radical (unpaired) electrons. The van der Waals surface area contributed by atoms with Crippen molar-refractivity contribution in [2.45, 2.75) is 26.2 Å². The van der Waals surface area contributed by atoms with Crippen molar-refractivity contribution in [3.05, 3.63) is 22.7 Å². The molecule has 1 aromatic rings. The van der Waals surface area contributed by atoms with Crippen LogP contribution in [0.3, 0.4) is 0 Å². The highest BCUT2D eigenvalue weighted by Crippen LogP contribution is 2.30. The summed E-state index contributed by atoms with van der Waals surface area (Å²) >= 11 is 5.90. The first-order valence-electron chi connectivity index (χ1n) is 4.42. The molecule has 0 atom stereocenters. The lowest BCUT2D eigenvalue weighted by atomic mass is 10.1. The molecule has 0 fully saturated rings. The van der Waals surface area contributed by atoms with E-state index < -0.39 is 0 Å². The number of aromatic hydroxyl groups is 1. The Balaban J connectivity index is 2.92. The number of unbranched alkanes of at least 4 members (excludes halogenated alkanes) is 1. The van der Waals surface area contributed by atoms with Crippen molar-refractivity contribution >= 4 is 17.3 Å². The van der Waals surface area contributed by atoms with Gasteiger partial charge in [0.25, 0.3) is 0 Å². The summed E-state index contributed by atoms with van der Waals surface area (Å²) in [6.45, 7) is 2.11. The minimum atomic E-state index is 0.0766.